The summed E-state index contributed by atoms with van der Waals surface area (Å²) in [6.07, 6.45) is 0. The first kappa shape index (κ1) is 18.1. The van der Waals surface area contributed by atoms with Gasteiger partial charge in [-0.05, 0) is 42.3 Å². The van der Waals surface area contributed by atoms with Crippen molar-refractivity contribution in [2.24, 2.45) is 0 Å². The minimum absolute atomic E-state index is 0.228. The minimum atomic E-state index is -0.238. The summed E-state index contributed by atoms with van der Waals surface area (Å²) in [4.78, 5) is 16.8. The third kappa shape index (κ3) is 3.86. The Hall–Kier alpha value is -3.26. The molecule has 1 aromatic heterocycles. The monoisotopic (exact) mass is 397 g/mol. The van der Waals surface area contributed by atoms with Crippen molar-refractivity contribution in [1.29, 1.82) is 0 Å². The number of carbonyl (C=O) groups is 1. The van der Waals surface area contributed by atoms with Gasteiger partial charge >= 0.3 is 0 Å². The van der Waals surface area contributed by atoms with Crippen molar-refractivity contribution >= 4 is 28.1 Å². The molecule has 2 heterocycles. The number of hydrogen-bond acceptors (Lipinski definition) is 7. The number of ether oxygens (including phenoxy) is 3. The third-order valence-electron chi connectivity index (χ3n) is 4.22. The van der Waals surface area contributed by atoms with Crippen LogP contribution in [0.15, 0.2) is 41.8 Å². The molecular weight excluding hydrogens is 378 g/mol. The number of benzene rings is 2. The second kappa shape index (κ2) is 7.77. The average molecular weight is 397 g/mol. The molecule has 144 valence electrons. The van der Waals surface area contributed by atoms with Crippen LogP contribution in [0.5, 0.6) is 17.2 Å². The number of hydrogen-bond donors (Lipinski definition) is 2. The molecule has 0 radical (unpaired) electrons. The standard InChI is InChI=1S/C20H19N3O4S/c1-12-3-5-16(25-2)14(7-12)22-20-23-15(10-28-20)19(24)21-9-13-4-6-17-18(8-13)27-11-26-17/h3-8,10H,9,11H2,1-2H3,(H,21,24)(H,22,23). The number of amides is 1. The van der Waals surface area contributed by atoms with E-state index in [-0.39, 0.29) is 12.7 Å². The second-order valence-corrected chi connectivity index (χ2v) is 7.10. The van der Waals surface area contributed by atoms with Crippen molar-refractivity contribution in [1.82, 2.24) is 10.3 Å². The smallest absolute Gasteiger partial charge is 0.271 e. The van der Waals surface area contributed by atoms with E-state index in [1.807, 2.05) is 43.3 Å². The number of aryl methyl sites for hydroxylation is 1. The maximum absolute atomic E-state index is 12.4. The molecule has 2 aromatic carbocycles. The lowest BCUT2D eigenvalue weighted by atomic mass is 10.2. The first-order valence-electron chi connectivity index (χ1n) is 8.66. The summed E-state index contributed by atoms with van der Waals surface area (Å²) in [5, 5.41) is 8.43. The highest BCUT2D eigenvalue weighted by Crippen LogP contribution is 2.32. The zero-order valence-electron chi connectivity index (χ0n) is 15.4. The fraction of sp³-hybridized carbons (Fsp3) is 0.200. The quantitative estimate of drug-likeness (QED) is 0.657. The van der Waals surface area contributed by atoms with E-state index >= 15 is 0 Å². The fourth-order valence-corrected chi connectivity index (χ4v) is 3.50. The van der Waals surface area contributed by atoms with Gasteiger partial charge in [0.25, 0.3) is 5.91 Å². The summed E-state index contributed by atoms with van der Waals surface area (Å²) in [6, 6.07) is 11.4. The highest BCUT2D eigenvalue weighted by Gasteiger charge is 2.15. The van der Waals surface area contributed by atoms with Crippen LogP contribution in [-0.4, -0.2) is 24.8 Å². The van der Waals surface area contributed by atoms with Gasteiger partial charge in [0.1, 0.15) is 11.4 Å². The number of anilines is 2. The molecule has 4 rings (SSSR count). The Morgan fingerprint density at radius 2 is 2.07 bits per heavy atom. The number of fused-ring (bicyclic) bond motifs is 1. The normalized spacial score (nSPS) is 11.9. The molecule has 0 atom stereocenters. The van der Waals surface area contributed by atoms with Gasteiger partial charge < -0.3 is 24.8 Å². The van der Waals surface area contributed by atoms with Gasteiger partial charge in [-0.25, -0.2) is 4.98 Å². The molecule has 0 fully saturated rings. The molecule has 28 heavy (non-hydrogen) atoms. The number of methoxy groups -OCH3 is 1. The van der Waals surface area contributed by atoms with Gasteiger partial charge in [0.15, 0.2) is 16.6 Å². The van der Waals surface area contributed by atoms with Gasteiger partial charge in [0.2, 0.25) is 6.79 Å². The lowest BCUT2D eigenvalue weighted by Crippen LogP contribution is -2.23. The zero-order valence-corrected chi connectivity index (χ0v) is 16.3. The van der Waals surface area contributed by atoms with Gasteiger partial charge in [0.05, 0.1) is 12.8 Å². The van der Waals surface area contributed by atoms with Crippen LogP contribution in [0.1, 0.15) is 21.6 Å². The number of thiazole rings is 1. The summed E-state index contributed by atoms with van der Waals surface area (Å²) in [6.45, 7) is 2.61. The van der Waals surface area contributed by atoms with E-state index in [2.05, 4.69) is 15.6 Å². The summed E-state index contributed by atoms with van der Waals surface area (Å²) >= 11 is 1.36. The predicted octanol–water partition coefficient (Wildman–Crippen LogP) is 3.86. The second-order valence-electron chi connectivity index (χ2n) is 6.24. The topological polar surface area (TPSA) is 81.7 Å². The summed E-state index contributed by atoms with van der Waals surface area (Å²) in [7, 11) is 1.62. The molecule has 0 saturated heterocycles. The molecular formula is C20H19N3O4S. The highest BCUT2D eigenvalue weighted by atomic mass is 32.1. The first-order valence-corrected chi connectivity index (χ1v) is 9.54. The largest absolute Gasteiger partial charge is 0.495 e. The molecule has 2 N–H and O–H groups in total. The number of nitrogens with one attached hydrogen (secondary N) is 2. The maximum atomic E-state index is 12.4. The van der Waals surface area contributed by atoms with Crippen LogP contribution < -0.4 is 24.8 Å². The van der Waals surface area contributed by atoms with Crippen molar-refractivity contribution in [2.75, 3.05) is 19.2 Å². The Morgan fingerprint density at radius 3 is 2.93 bits per heavy atom. The van der Waals surface area contributed by atoms with E-state index < -0.39 is 0 Å². The first-order chi connectivity index (χ1) is 13.6. The van der Waals surface area contributed by atoms with Gasteiger partial charge in [0, 0.05) is 11.9 Å². The van der Waals surface area contributed by atoms with Crippen LogP contribution in [0.25, 0.3) is 0 Å². The lowest BCUT2D eigenvalue weighted by molar-refractivity contribution is 0.0946. The molecule has 0 saturated carbocycles. The van der Waals surface area contributed by atoms with E-state index in [1.54, 1.807) is 12.5 Å². The molecule has 1 aliphatic heterocycles. The molecule has 3 aromatic rings. The summed E-state index contributed by atoms with van der Waals surface area (Å²) < 4.78 is 16.0. The van der Waals surface area contributed by atoms with Crippen LogP contribution >= 0.6 is 11.3 Å². The van der Waals surface area contributed by atoms with Crippen molar-refractivity contribution in [3.63, 3.8) is 0 Å². The Labute approximate surface area is 166 Å². The summed E-state index contributed by atoms with van der Waals surface area (Å²) in [5.41, 5.74) is 3.20. The van der Waals surface area contributed by atoms with Gasteiger partial charge in [-0.1, -0.05) is 12.1 Å². The Bertz CT molecular complexity index is 1020. The van der Waals surface area contributed by atoms with Crippen LogP contribution in [0.4, 0.5) is 10.8 Å². The molecule has 1 amide bonds. The zero-order chi connectivity index (χ0) is 19.5. The van der Waals surface area contributed by atoms with E-state index in [1.165, 1.54) is 11.3 Å². The van der Waals surface area contributed by atoms with Crippen LogP contribution in [0, 0.1) is 6.92 Å². The van der Waals surface area contributed by atoms with E-state index in [0.717, 1.165) is 28.3 Å². The third-order valence-corrected chi connectivity index (χ3v) is 4.98. The highest BCUT2D eigenvalue weighted by molar-refractivity contribution is 7.14. The minimum Gasteiger partial charge on any atom is -0.495 e. The van der Waals surface area contributed by atoms with Crippen LogP contribution in [-0.2, 0) is 6.54 Å². The Morgan fingerprint density at radius 1 is 1.21 bits per heavy atom. The van der Waals surface area contributed by atoms with Crippen molar-refractivity contribution < 1.29 is 19.0 Å². The van der Waals surface area contributed by atoms with Crippen LogP contribution in [0.3, 0.4) is 0 Å². The molecule has 8 heteroatoms. The van der Waals surface area contributed by atoms with Crippen molar-refractivity contribution in [2.45, 2.75) is 13.5 Å². The van der Waals surface area contributed by atoms with Crippen molar-refractivity contribution in [3.05, 3.63) is 58.6 Å². The molecule has 0 bridgehead atoms. The fourth-order valence-electron chi connectivity index (χ4n) is 2.79. The number of carbonyl (C=O) groups excluding carboxylic acids is 1. The Kier molecular flexibility index (Phi) is 5.03. The van der Waals surface area contributed by atoms with E-state index in [0.29, 0.717) is 23.1 Å². The predicted molar refractivity (Wildman–Crippen MR) is 107 cm³/mol. The number of rotatable bonds is 6. The van der Waals surface area contributed by atoms with Crippen molar-refractivity contribution in [3.8, 4) is 17.2 Å². The van der Waals surface area contributed by atoms with Gasteiger partial charge in [-0.15, -0.1) is 11.3 Å². The Balaban J connectivity index is 1.40. The number of nitrogens with zero attached hydrogens (tertiary/aromatic N) is 1. The summed E-state index contributed by atoms with van der Waals surface area (Å²) in [5.74, 6) is 1.89. The van der Waals surface area contributed by atoms with E-state index in [9.17, 15) is 4.79 Å². The number of aromatic nitrogens is 1. The van der Waals surface area contributed by atoms with Crippen LogP contribution in [0.2, 0.25) is 0 Å². The van der Waals surface area contributed by atoms with E-state index in [4.69, 9.17) is 14.2 Å². The maximum Gasteiger partial charge on any atom is 0.271 e. The SMILES string of the molecule is COc1ccc(C)cc1Nc1nc(C(=O)NCc2ccc3c(c2)OCO3)cs1. The average Bonchev–Trinajstić information content (AvgIpc) is 3.35. The molecule has 0 aliphatic carbocycles. The molecule has 0 unspecified atom stereocenters. The van der Waals surface area contributed by atoms with Gasteiger partial charge in [-0.3, -0.25) is 4.79 Å². The van der Waals surface area contributed by atoms with Gasteiger partial charge in [-0.2, -0.15) is 0 Å². The lowest BCUT2D eigenvalue weighted by Gasteiger charge is -2.09. The molecule has 7 nitrogen and oxygen atoms in total. The molecule has 0 spiro atoms. The molecule has 1 aliphatic rings.